The molecule has 18 heavy (non-hydrogen) atoms. The van der Waals surface area contributed by atoms with Crippen LogP contribution in [0.3, 0.4) is 0 Å². The Balaban J connectivity index is 2.00. The molecule has 0 heterocycles. The van der Waals surface area contributed by atoms with Crippen LogP contribution >= 0.6 is 0 Å². The normalized spacial score (nSPS) is 16.6. The number of carbonyl (C=O) groups is 1. The van der Waals surface area contributed by atoms with E-state index in [-0.39, 0.29) is 5.91 Å². The van der Waals surface area contributed by atoms with E-state index in [9.17, 15) is 4.79 Å². The van der Waals surface area contributed by atoms with Crippen LogP contribution in [0.5, 0.6) is 0 Å². The first-order chi connectivity index (χ1) is 8.79. The fourth-order valence-corrected chi connectivity index (χ4v) is 2.42. The standard InChI is InChI=1S/C15H18N2O/c16-11-12-6-5-7-13(10-12)15(18)17-14-8-3-1-2-4-9-14/h5-7,10,14H,1-4,8-9H2,(H,17,18). The average molecular weight is 242 g/mol. The summed E-state index contributed by atoms with van der Waals surface area (Å²) in [6.45, 7) is 0. The number of nitriles is 1. The summed E-state index contributed by atoms with van der Waals surface area (Å²) in [5.41, 5.74) is 1.11. The van der Waals surface area contributed by atoms with Gasteiger partial charge >= 0.3 is 0 Å². The van der Waals surface area contributed by atoms with E-state index >= 15 is 0 Å². The van der Waals surface area contributed by atoms with Crippen LogP contribution in [-0.2, 0) is 0 Å². The van der Waals surface area contributed by atoms with Gasteiger partial charge in [0.1, 0.15) is 0 Å². The molecule has 1 amide bonds. The maximum atomic E-state index is 12.1. The largest absolute Gasteiger partial charge is 0.349 e. The molecule has 0 aromatic heterocycles. The highest BCUT2D eigenvalue weighted by molar-refractivity contribution is 5.94. The van der Waals surface area contributed by atoms with Crippen molar-refractivity contribution in [1.29, 1.82) is 5.26 Å². The van der Waals surface area contributed by atoms with Gasteiger partial charge in [-0.2, -0.15) is 5.26 Å². The Hall–Kier alpha value is -1.82. The Kier molecular flexibility index (Phi) is 4.35. The molecule has 0 radical (unpaired) electrons. The highest BCUT2D eigenvalue weighted by Gasteiger charge is 2.15. The van der Waals surface area contributed by atoms with Gasteiger partial charge in [0.05, 0.1) is 11.6 Å². The SMILES string of the molecule is N#Cc1cccc(C(=O)NC2CCCCCC2)c1. The zero-order chi connectivity index (χ0) is 12.8. The molecule has 1 aliphatic rings. The van der Waals surface area contributed by atoms with Crippen LogP contribution in [0.1, 0.15) is 54.4 Å². The lowest BCUT2D eigenvalue weighted by Gasteiger charge is -2.16. The second kappa shape index (κ2) is 6.20. The van der Waals surface area contributed by atoms with Gasteiger partial charge in [-0.1, -0.05) is 31.7 Å². The van der Waals surface area contributed by atoms with E-state index in [1.54, 1.807) is 24.3 Å². The third-order valence-electron chi connectivity index (χ3n) is 3.44. The first-order valence-electron chi connectivity index (χ1n) is 6.60. The predicted octanol–water partition coefficient (Wildman–Crippen LogP) is 3.01. The molecule has 1 aromatic carbocycles. The zero-order valence-electron chi connectivity index (χ0n) is 10.5. The fourth-order valence-electron chi connectivity index (χ4n) is 2.42. The van der Waals surface area contributed by atoms with Gasteiger partial charge in [-0.15, -0.1) is 0 Å². The van der Waals surface area contributed by atoms with Crippen LogP contribution in [0.2, 0.25) is 0 Å². The second-order valence-corrected chi connectivity index (χ2v) is 4.85. The number of carbonyl (C=O) groups excluding carboxylic acids is 1. The Labute approximate surface area is 108 Å². The lowest BCUT2D eigenvalue weighted by molar-refractivity contribution is 0.0933. The number of benzene rings is 1. The quantitative estimate of drug-likeness (QED) is 0.810. The third-order valence-corrected chi connectivity index (χ3v) is 3.44. The van der Waals surface area contributed by atoms with Crippen molar-refractivity contribution in [3.63, 3.8) is 0 Å². The Morgan fingerprint density at radius 2 is 1.94 bits per heavy atom. The number of amides is 1. The highest BCUT2D eigenvalue weighted by Crippen LogP contribution is 2.17. The van der Waals surface area contributed by atoms with Crippen molar-refractivity contribution in [2.24, 2.45) is 0 Å². The smallest absolute Gasteiger partial charge is 0.251 e. The van der Waals surface area contributed by atoms with Crippen molar-refractivity contribution in [3.05, 3.63) is 35.4 Å². The molecule has 1 fully saturated rings. The van der Waals surface area contributed by atoms with Crippen LogP contribution in [0.4, 0.5) is 0 Å². The summed E-state index contributed by atoms with van der Waals surface area (Å²) in [6, 6.07) is 9.22. The Bertz CT molecular complexity index is 454. The molecule has 1 aliphatic carbocycles. The molecule has 3 heteroatoms. The zero-order valence-corrected chi connectivity index (χ0v) is 10.5. The molecule has 1 N–H and O–H groups in total. The van der Waals surface area contributed by atoms with Gasteiger partial charge in [-0.25, -0.2) is 0 Å². The van der Waals surface area contributed by atoms with Crippen molar-refractivity contribution in [1.82, 2.24) is 5.32 Å². The fraction of sp³-hybridized carbons (Fsp3) is 0.467. The molecule has 94 valence electrons. The monoisotopic (exact) mass is 242 g/mol. The first kappa shape index (κ1) is 12.6. The van der Waals surface area contributed by atoms with Gasteiger partial charge in [-0.05, 0) is 31.0 Å². The minimum atomic E-state index is -0.0565. The van der Waals surface area contributed by atoms with E-state index in [4.69, 9.17) is 5.26 Å². The van der Waals surface area contributed by atoms with Gasteiger partial charge < -0.3 is 5.32 Å². The lowest BCUT2D eigenvalue weighted by atomic mass is 10.1. The summed E-state index contributed by atoms with van der Waals surface area (Å²) in [6.07, 6.45) is 7.09. The van der Waals surface area contributed by atoms with Gasteiger partial charge in [0.15, 0.2) is 0 Å². The minimum Gasteiger partial charge on any atom is -0.349 e. The van der Waals surface area contributed by atoms with E-state index in [0.29, 0.717) is 17.2 Å². The lowest BCUT2D eigenvalue weighted by Crippen LogP contribution is -2.34. The van der Waals surface area contributed by atoms with E-state index in [2.05, 4.69) is 11.4 Å². The number of hydrogen-bond donors (Lipinski definition) is 1. The molecule has 3 nitrogen and oxygen atoms in total. The molecule has 0 atom stereocenters. The van der Waals surface area contributed by atoms with Crippen LogP contribution in [0.15, 0.2) is 24.3 Å². The summed E-state index contributed by atoms with van der Waals surface area (Å²) in [5, 5.41) is 11.9. The van der Waals surface area contributed by atoms with Gasteiger partial charge in [0.25, 0.3) is 5.91 Å². The van der Waals surface area contributed by atoms with E-state index in [0.717, 1.165) is 12.8 Å². The summed E-state index contributed by atoms with van der Waals surface area (Å²) < 4.78 is 0. The van der Waals surface area contributed by atoms with Crippen LogP contribution in [0, 0.1) is 11.3 Å². The molecular formula is C15H18N2O. The number of nitrogens with zero attached hydrogens (tertiary/aromatic N) is 1. The summed E-state index contributed by atoms with van der Waals surface area (Å²) >= 11 is 0. The van der Waals surface area contributed by atoms with Crippen molar-refractivity contribution < 1.29 is 4.79 Å². The molecular weight excluding hydrogens is 224 g/mol. The number of nitrogens with one attached hydrogen (secondary N) is 1. The second-order valence-electron chi connectivity index (χ2n) is 4.85. The summed E-state index contributed by atoms with van der Waals surface area (Å²) in [7, 11) is 0. The molecule has 0 spiro atoms. The van der Waals surface area contributed by atoms with E-state index in [1.807, 2.05) is 0 Å². The summed E-state index contributed by atoms with van der Waals surface area (Å²) in [5.74, 6) is -0.0565. The maximum absolute atomic E-state index is 12.1. The highest BCUT2D eigenvalue weighted by atomic mass is 16.1. The molecule has 0 unspecified atom stereocenters. The maximum Gasteiger partial charge on any atom is 0.251 e. The van der Waals surface area contributed by atoms with Gasteiger partial charge in [-0.3, -0.25) is 4.79 Å². The van der Waals surface area contributed by atoms with Crippen molar-refractivity contribution >= 4 is 5.91 Å². The molecule has 0 bridgehead atoms. The number of hydrogen-bond acceptors (Lipinski definition) is 2. The van der Waals surface area contributed by atoms with Crippen molar-refractivity contribution in [2.75, 3.05) is 0 Å². The Morgan fingerprint density at radius 1 is 1.22 bits per heavy atom. The van der Waals surface area contributed by atoms with E-state index in [1.165, 1.54) is 25.7 Å². The average Bonchev–Trinajstić information content (AvgIpc) is 2.67. The molecule has 0 saturated heterocycles. The number of rotatable bonds is 2. The summed E-state index contributed by atoms with van der Waals surface area (Å²) in [4.78, 5) is 12.1. The third kappa shape index (κ3) is 3.33. The van der Waals surface area contributed by atoms with Crippen LogP contribution in [0.25, 0.3) is 0 Å². The molecule has 0 aliphatic heterocycles. The molecule has 1 saturated carbocycles. The van der Waals surface area contributed by atoms with Gasteiger partial charge in [0.2, 0.25) is 0 Å². The van der Waals surface area contributed by atoms with E-state index < -0.39 is 0 Å². The molecule has 1 aromatic rings. The first-order valence-corrected chi connectivity index (χ1v) is 6.60. The minimum absolute atomic E-state index is 0.0565. The topological polar surface area (TPSA) is 52.9 Å². The Morgan fingerprint density at radius 3 is 2.61 bits per heavy atom. The molecule has 2 rings (SSSR count). The van der Waals surface area contributed by atoms with Crippen LogP contribution < -0.4 is 5.32 Å². The van der Waals surface area contributed by atoms with Crippen molar-refractivity contribution in [2.45, 2.75) is 44.6 Å². The predicted molar refractivity (Wildman–Crippen MR) is 70.1 cm³/mol. The van der Waals surface area contributed by atoms with Gasteiger partial charge in [0, 0.05) is 11.6 Å². The van der Waals surface area contributed by atoms with Crippen molar-refractivity contribution in [3.8, 4) is 6.07 Å². The van der Waals surface area contributed by atoms with Crippen LogP contribution in [-0.4, -0.2) is 11.9 Å².